The molecule has 0 atom stereocenters. The number of methoxy groups -OCH3 is 3. The minimum absolute atomic E-state index is 0.190. The number of carbonyl (C=O) groups excluding carboxylic acids is 2. The number of rotatable bonds is 6. The summed E-state index contributed by atoms with van der Waals surface area (Å²) in [6, 6.07) is 9.97. The van der Waals surface area contributed by atoms with E-state index >= 15 is 0 Å². The minimum atomic E-state index is -0.377. The summed E-state index contributed by atoms with van der Waals surface area (Å²) in [7, 11) is 4.46. The predicted octanol–water partition coefficient (Wildman–Crippen LogP) is 2.92. The van der Waals surface area contributed by atoms with Gasteiger partial charge in [-0.3, -0.25) is 9.59 Å². The van der Waals surface area contributed by atoms with Crippen molar-refractivity contribution in [1.82, 2.24) is 0 Å². The zero-order valence-electron chi connectivity index (χ0n) is 14.5. The summed E-state index contributed by atoms with van der Waals surface area (Å²) >= 11 is 0. The average Bonchev–Trinajstić information content (AvgIpc) is 2.60. The molecule has 2 aromatic carbocycles. The van der Waals surface area contributed by atoms with Crippen LogP contribution in [0.1, 0.15) is 17.3 Å². The van der Waals surface area contributed by atoms with Gasteiger partial charge in [-0.25, -0.2) is 0 Å². The molecule has 25 heavy (non-hydrogen) atoms. The fourth-order valence-corrected chi connectivity index (χ4v) is 2.28. The Morgan fingerprint density at radius 2 is 1.36 bits per heavy atom. The van der Waals surface area contributed by atoms with Crippen LogP contribution in [0, 0.1) is 0 Å². The molecule has 0 saturated heterocycles. The van der Waals surface area contributed by atoms with E-state index in [9.17, 15) is 9.59 Å². The van der Waals surface area contributed by atoms with Gasteiger partial charge in [0.2, 0.25) is 5.91 Å². The van der Waals surface area contributed by atoms with Gasteiger partial charge in [-0.05, 0) is 18.2 Å². The van der Waals surface area contributed by atoms with E-state index in [1.807, 2.05) is 0 Å². The molecule has 0 aromatic heterocycles. The molecular formula is C18H20N2O5. The Balaban J connectivity index is 2.30. The van der Waals surface area contributed by atoms with Crippen molar-refractivity contribution in [1.29, 1.82) is 0 Å². The monoisotopic (exact) mass is 344 g/mol. The fraction of sp³-hybridized carbons (Fsp3) is 0.222. The Hall–Kier alpha value is -3.22. The third-order valence-electron chi connectivity index (χ3n) is 3.39. The minimum Gasteiger partial charge on any atom is -0.496 e. The molecule has 0 bridgehead atoms. The maximum atomic E-state index is 12.6. The molecule has 2 rings (SSSR count). The van der Waals surface area contributed by atoms with E-state index in [1.54, 1.807) is 36.4 Å². The second-order valence-electron chi connectivity index (χ2n) is 5.12. The van der Waals surface area contributed by atoms with Crippen LogP contribution in [0.25, 0.3) is 0 Å². The fourth-order valence-electron chi connectivity index (χ4n) is 2.28. The Kier molecular flexibility index (Phi) is 5.84. The summed E-state index contributed by atoms with van der Waals surface area (Å²) in [5.74, 6) is 0.667. The molecule has 2 amide bonds. The van der Waals surface area contributed by atoms with Crippen molar-refractivity contribution in [2.45, 2.75) is 6.92 Å². The van der Waals surface area contributed by atoms with Crippen molar-refractivity contribution in [2.75, 3.05) is 32.0 Å². The third kappa shape index (κ3) is 4.41. The number of anilines is 2. The highest BCUT2D eigenvalue weighted by Gasteiger charge is 2.18. The number of hydrogen-bond donors (Lipinski definition) is 2. The van der Waals surface area contributed by atoms with E-state index in [-0.39, 0.29) is 11.8 Å². The number of benzene rings is 2. The first-order chi connectivity index (χ1) is 12.0. The van der Waals surface area contributed by atoms with Gasteiger partial charge in [0.25, 0.3) is 5.91 Å². The van der Waals surface area contributed by atoms with Gasteiger partial charge < -0.3 is 24.8 Å². The Morgan fingerprint density at radius 3 is 1.92 bits per heavy atom. The lowest BCUT2D eigenvalue weighted by Gasteiger charge is -2.14. The zero-order valence-corrected chi connectivity index (χ0v) is 14.5. The smallest absolute Gasteiger partial charge is 0.259 e. The summed E-state index contributed by atoms with van der Waals surface area (Å²) < 4.78 is 15.7. The van der Waals surface area contributed by atoms with Crippen LogP contribution in [0.15, 0.2) is 36.4 Å². The molecule has 0 heterocycles. The van der Waals surface area contributed by atoms with Crippen molar-refractivity contribution in [3.05, 3.63) is 42.0 Å². The first-order valence-electron chi connectivity index (χ1n) is 7.47. The molecule has 0 aliphatic rings. The van der Waals surface area contributed by atoms with Gasteiger partial charge in [0.15, 0.2) is 11.5 Å². The molecule has 132 valence electrons. The van der Waals surface area contributed by atoms with Crippen molar-refractivity contribution >= 4 is 23.2 Å². The molecule has 7 nitrogen and oxygen atoms in total. The Bertz CT molecular complexity index is 789. The van der Waals surface area contributed by atoms with Crippen molar-refractivity contribution < 1.29 is 23.8 Å². The Morgan fingerprint density at radius 1 is 0.800 bits per heavy atom. The second kappa shape index (κ2) is 8.05. The van der Waals surface area contributed by atoms with E-state index in [0.717, 1.165) is 0 Å². The number of amides is 2. The topological polar surface area (TPSA) is 85.9 Å². The van der Waals surface area contributed by atoms with Crippen LogP contribution in [0.4, 0.5) is 11.4 Å². The van der Waals surface area contributed by atoms with Gasteiger partial charge in [-0.2, -0.15) is 0 Å². The van der Waals surface area contributed by atoms with Gasteiger partial charge in [-0.15, -0.1) is 0 Å². The van der Waals surface area contributed by atoms with Crippen LogP contribution >= 0.6 is 0 Å². The molecule has 7 heteroatoms. The molecule has 0 spiro atoms. The lowest BCUT2D eigenvalue weighted by Crippen LogP contribution is -2.14. The van der Waals surface area contributed by atoms with Crippen molar-refractivity contribution in [3.8, 4) is 17.2 Å². The lowest BCUT2D eigenvalue weighted by atomic mass is 10.1. The molecule has 0 aliphatic carbocycles. The average molecular weight is 344 g/mol. The molecule has 0 saturated carbocycles. The number of hydrogen-bond acceptors (Lipinski definition) is 5. The highest BCUT2D eigenvalue weighted by atomic mass is 16.5. The van der Waals surface area contributed by atoms with Crippen LogP contribution in [0.2, 0.25) is 0 Å². The zero-order chi connectivity index (χ0) is 18.4. The molecule has 0 radical (unpaired) electrons. The summed E-state index contributed by atoms with van der Waals surface area (Å²) in [6.45, 7) is 1.42. The molecule has 2 aromatic rings. The number of nitrogens with one attached hydrogen (secondary N) is 2. The van der Waals surface area contributed by atoms with Crippen LogP contribution in [-0.4, -0.2) is 33.1 Å². The van der Waals surface area contributed by atoms with Gasteiger partial charge in [0.1, 0.15) is 5.75 Å². The predicted molar refractivity (Wildman–Crippen MR) is 94.8 cm³/mol. The highest BCUT2D eigenvalue weighted by molar-refractivity contribution is 6.07. The van der Waals surface area contributed by atoms with E-state index in [4.69, 9.17) is 14.2 Å². The summed E-state index contributed by atoms with van der Waals surface area (Å²) in [5.41, 5.74) is 1.42. The van der Waals surface area contributed by atoms with E-state index in [2.05, 4.69) is 10.6 Å². The molecule has 0 fully saturated rings. The third-order valence-corrected chi connectivity index (χ3v) is 3.39. The first kappa shape index (κ1) is 18.1. The van der Waals surface area contributed by atoms with Gasteiger partial charge in [-0.1, -0.05) is 6.07 Å². The van der Waals surface area contributed by atoms with Crippen molar-refractivity contribution in [3.63, 3.8) is 0 Å². The maximum Gasteiger partial charge on any atom is 0.259 e. The van der Waals surface area contributed by atoms with E-state index < -0.39 is 0 Å². The largest absolute Gasteiger partial charge is 0.496 e. The SMILES string of the molecule is COc1cc(OC)c(C(=O)Nc2cccc(NC(C)=O)c2)cc1OC. The maximum absolute atomic E-state index is 12.6. The lowest BCUT2D eigenvalue weighted by molar-refractivity contribution is -0.114. The summed E-state index contributed by atoms with van der Waals surface area (Å²) in [5, 5.41) is 5.43. The van der Waals surface area contributed by atoms with E-state index in [0.29, 0.717) is 34.2 Å². The highest BCUT2D eigenvalue weighted by Crippen LogP contribution is 2.35. The van der Waals surface area contributed by atoms with E-state index in [1.165, 1.54) is 28.3 Å². The summed E-state index contributed by atoms with van der Waals surface area (Å²) in [6.07, 6.45) is 0. The standard InChI is InChI=1S/C18H20N2O5/c1-11(21)19-12-6-5-7-13(8-12)20-18(22)14-9-16(24-3)17(25-4)10-15(14)23-2/h5-10H,1-4H3,(H,19,21)(H,20,22). The quantitative estimate of drug-likeness (QED) is 0.841. The van der Waals surface area contributed by atoms with Gasteiger partial charge >= 0.3 is 0 Å². The van der Waals surface area contributed by atoms with Crippen LogP contribution in [0.5, 0.6) is 17.2 Å². The van der Waals surface area contributed by atoms with Gasteiger partial charge in [0.05, 0.1) is 26.9 Å². The number of carbonyl (C=O) groups is 2. The van der Waals surface area contributed by atoms with Crippen LogP contribution in [0.3, 0.4) is 0 Å². The van der Waals surface area contributed by atoms with Crippen LogP contribution < -0.4 is 24.8 Å². The second-order valence-corrected chi connectivity index (χ2v) is 5.12. The normalized spacial score (nSPS) is 9.92. The number of ether oxygens (including phenoxy) is 3. The molecule has 0 aliphatic heterocycles. The Labute approximate surface area is 145 Å². The molecular weight excluding hydrogens is 324 g/mol. The molecule has 2 N–H and O–H groups in total. The van der Waals surface area contributed by atoms with Crippen LogP contribution in [-0.2, 0) is 4.79 Å². The molecule has 0 unspecified atom stereocenters. The van der Waals surface area contributed by atoms with Gasteiger partial charge in [0, 0.05) is 30.4 Å². The first-order valence-corrected chi connectivity index (χ1v) is 7.47. The summed E-state index contributed by atoms with van der Waals surface area (Å²) in [4.78, 5) is 23.8. The van der Waals surface area contributed by atoms with Crippen molar-refractivity contribution in [2.24, 2.45) is 0 Å².